The van der Waals surface area contributed by atoms with Crippen LogP contribution in [-0.2, 0) is 0 Å². The van der Waals surface area contributed by atoms with Crippen LogP contribution in [0.3, 0.4) is 0 Å². The minimum Gasteiger partial charge on any atom is -0.310 e. The first-order valence-corrected chi connectivity index (χ1v) is 7.30. The lowest BCUT2D eigenvalue weighted by Gasteiger charge is -2.23. The monoisotopic (exact) mass is 257 g/mol. The van der Waals surface area contributed by atoms with Crippen LogP contribution in [0.25, 0.3) is 11.0 Å². The molecule has 1 unspecified atom stereocenters. The van der Waals surface area contributed by atoms with E-state index in [4.69, 9.17) is 0 Å². The molecule has 1 atom stereocenters. The van der Waals surface area contributed by atoms with Gasteiger partial charge in [0.15, 0.2) is 0 Å². The van der Waals surface area contributed by atoms with Gasteiger partial charge in [0.1, 0.15) is 0 Å². The number of nitrogens with zero attached hydrogens (tertiary/aromatic N) is 1. The Hall–Kier alpha value is -1.55. The summed E-state index contributed by atoms with van der Waals surface area (Å²) in [5.74, 6) is 0. The second kappa shape index (κ2) is 4.23. The Morgan fingerprint density at radius 1 is 1.16 bits per heavy atom. The van der Waals surface area contributed by atoms with Gasteiger partial charge in [-0.2, -0.15) is 0 Å². The van der Waals surface area contributed by atoms with Gasteiger partial charge in [0.25, 0.3) is 0 Å². The fourth-order valence-electron chi connectivity index (χ4n) is 3.20. The minimum absolute atomic E-state index is 0.0475. The standard InChI is InChI=1S/C15H19N3O/c19-15-17-13-9-10(12-3-1-2-8-16-12)4-7-14(13)18(15)11-5-6-11/h4,7,9,11-12,16H,1-3,5-6,8H2,(H,17,19). The Bertz CT molecular complexity index is 660. The van der Waals surface area contributed by atoms with E-state index in [0.717, 1.165) is 30.4 Å². The van der Waals surface area contributed by atoms with Crippen LogP contribution < -0.4 is 11.0 Å². The highest BCUT2D eigenvalue weighted by atomic mass is 16.1. The largest absolute Gasteiger partial charge is 0.326 e. The molecule has 100 valence electrons. The lowest BCUT2D eigenvalue weighted by molar-refractivity contribution is 0.412. The van der Waals surface area contributed by atoms with E-state index in [2.05, 4.69) is 28.5 Å². The van der Waals surface area contributed by atoms with Gasteiger partial charge in [0.2, 0.25) is 0 Å². The molecule has 0 radical (unpaired) electrons. The molecule has 1 aliphatic carbocycles. The highest BCUT2D eigenvalue weighted by Crippen LogP contribution is 2.36. The van der Waals surface area contributed by atoms with Crippen molar-refractivity contribution in [3.8, 4) is 0 Å². The van der Waals surface area contributed by atoms with Gasteiger partial charge in [-0.1, -0.05) is 12.5 Å². The average molecular weight is 257 g/mol. The van der Waals surface area contributed by atoms with Gasteiger partial charge in [0, 0.05) is 12.1 Å². The molecular weight excluding hydrogens is 238 g/mol. The lowest BCUT2D eigenvalue weighted by atomic mass is 9.97. The van der Waals surface area contributed by atoms with Crippen LogP contribution in [0, 0.1) is 0 Å². The maximum Gasteiger partial charge on any atom is 0.326 e. The van der Waals surface area contributed by atoms with Crippen LogP contribution in [0.4, 0.5) is 0 Å². The molecule has 0 spiro atoms. The van der Waals surface area contributed by atoms with Gasteiger partial charge in [-0.3, -0.25) is 4.57 Å². The molecule has 4 rings (SSSR count). The molecule has 1 aliphatic heterocycles. The SMILES string of the molecule is O=c1[nH]c2cc(C3CCCCN3)ccc2n1C1CC1. The Kier molecular flexibility index (Phi) is 2.52. The number of hydrogen-bond acceptors (Lipinski definition) is 2. The quantitative estimate of drug-likeness (QED) is 0.868. The Labute approximate surface area is 111 Å². The summed E-state index contributed by atoms with van der Waals surface area (Å²) in [6.45, 7) is 1.10. The van der Waals surface area contributed by atoms with E-state index in [-0.39, 0.29) is 5.69 Å². The number of hydrogen-bond donors (Lipinski definition) is 2. The van der Waals surface area contributed by atoms with Crippen molar-refractivity contribution in [2.24, 2.45) is 0 Å². The van der Waals surface area contributed by atoms with Gasteiger partial charge in [0.05, 0.1) is 11.0 Å². The van der Waals surface area contributed by atoms with Gasteiger partial charge >= 0.3 is 5.69 Å². The molecule has 4 nitrogen and oxygen atoms in total. The minimum atomic E-state index is 0.0475. The van der Waals surface area contributed by atoms with Crippen molar-refractivity contribution in [2.45, 2.75) is 44.2 Å². The van der Waals surface area contributed by atoms with E-state index in [1.54, 1.807) is 0 Å². The number of benzene rings is 1. The summed E-state index contributed by atoms with van der Waals surface area (Å²) in [5, 5.41) is 3.56. The third-order valence-corrected chi connectivity index (χ3v) is 4.37. The van der Waals surface area contributed by atoms with E-state index in [1.807, 2.05) is 4.57 Å². The number of nitrogens with one attached hydrogen (secondary N) is 2. The molecule has 2 fully saturated rings. The molecule has 1 aromatic heterocycles. The van der Waals surface area contributed by atoms with Crippen molar-refractivity contribution in [2.75, 3.05) is 6.54 Å². The van der Waals surface area contributed by atoms with Gasteiger partial charge < -0.3 is 10.3 Å². The summed E-state index contributed by atoms with van der Waals surface area (Å²) in [6, 6.07) is 7.32. The first-order chi connectivity index (χ1) is 9.33. The molecule has 4 heteroatoms. The highest BCUT2D eigenvalue weighted by molar-refractivity contribution is 5.76. The maximum atomic E-state index is 12.0. The predicted molar refractivity (Wildman–Crippen MR) is 75.4 cm³/mol. The van der Waals surface area contributed by atoms with Gasteiger partial charge in [-0.05, 0) is 49.9 Å². The number of H-pyrrole nitrogens is 1. The molecule has 19 heavy (non-hydrogen) atoms. The van der Waals surface area contributed by atoms with E-state index < -0.39 is 0 Å². The smallest absolute Gasteiger partial charge is 0.310 e. The summed E-state index contributed by atoms with van der Waals surface area (Å²) in [6.07, 6.45) is 6.03. The van der Waals surface area contributed by atoms with Crippen molar-refractivity contribution in [3.05, 3.63) is 34.2 Å². The van der Waals surface area contributed by atoms with Crippen molar-refractivity contribution in [1.29, 1.82) is 0 Å². The summed E-state index contributed by atoms with van der Waals surface area (Å²) >= 11 is 0. The van der Waals surface area contributed by atoms with Crippen LogP contribution in [0.15, 0.2) is 23.0 Å². The predicted octanol–water partition coefficient (Wildman–Crippen LogP) is 2.48. The second-order valence-corrected chi connectivity index (χ2v) is 5.81. The topological polar surface area (TPSA) is 49.8 Å². The van der Waals surface area contributed by atoms with Crippen molar-refractivity contribution in [1.82, 2.24) is 14.9 Å². The summed E-state index contributed by atoms with van der Waals surface area (Å²) < 4.78 is 1.92. The molecule has 2 aromatic rings. The molecule has 0 amide bonds. The number of aromatic nitrogens is 2. The summed E-state index contributed by atoms with van der Waals surface area (Å²) in [5.41, 5.74) is 3.40. The number of fused-ring (bicyclic) bond motifs is 1. The third kappa shape index (κ3) is 1.91. The fourth-order valence-corrected chi connectivity index (χ4v) is 3.20. The second-order valence-electron chi connectivity index (χ2n) is 5.81. The van der Waals surface area contributed by atoms with Gasteiger partial charge in [-0.25, -0.2) is 4.79 Å². The maximum absolute atomic E-state index is 12.0. The zero-order valence-corrected chi connectivity index (χ0v) is 11.0. The normalized spacial score (nSPS) is 23.9. The van der Waals surface area contributed by atoms with Crippen LogP contribution in [0.5, 0.6) is 0 Å². The van der Waals surface area contributed by atoms with Gasteiger partial charge in [-0.15, -0.1) is 0 Å². The molecular formula is C15H19N3O. The Morgan fingerprint density at radius 2 is 2.05 bits per heavy atom. The van der Waals surface area contributed by atoms with Crippen molar-refractivity contribution in [3.63, 3.8) is 0 Å². The number of rotatable bonds is 2. The molecule has 1 saturated carbocycles. The zero-order chi connectivity index (χ0) is 12.8. The van der Waals surface area contributed by atoms with Crippen LogP contribution in [0.2, 0.25) is 0 Å². The average Bonchev–Trinajstić information content (AvgIpc) is 3.21. The number of aromatic amines is 1. The third-order valence-electron chi connectivity index (χ3n) is 4.37. The van der Waals surface area contributed by atoms with Crippen molar-refractivity contribution < 1.29 is 0 Å². The molecule has 0 bridgehead atoms. The van der Waals surface area contributed by atoms with E-state index in [9.17, 15) is 4.79 Å². The Balaban J connectivity index is 1.77. The Morgan fingerprint density at radius 3 is 2.79 bits per heavy atom. The van der Waals surface area contributed by atoms with Crippen LogP contribution in [0.1, 0.15) is 49.8 Å². The first-order valence-electron chi connectivity index (χ1n) is 7.30. The first kappa shape index (κ1) is 11.3. The lowest BCUT2D eigenvalue weighted by Crippen LogP contribution is -2.26. The molecule has 1 aromatic carbocycles. The fraction of sp³-hybridized carbons (Fsp3) is 0.533. The molecule has 2 aliphatic rings. The van der Waals surface area contributed by atoms with E-state index in [0.29, 0.717) is 12.1 Å². The van der Waals surface area contributed by atoms with Crippen molar-refractivity contribution >= 4 is 11.0 Å². The van der Waals surface area contributed by atoms with E-state index >= 15 is 0 Å². The number of imidazole rings is 1. The number of piperidine rings is 1. The summed E-state index contributed by atoms with van der Waals surface area (Å²) in [4.78, 5) is 15.0. The zero-order valence-electron chi connectivity index (χ0n) is 11.0. The molecule has 2 N–H and O–H groups in total. The highest BCUT2D eigenvalue weighted by Gasteiger charge is 2.27. The molecule has 2 heterocycles. The van der Waals surface area contributed by atoms with Crippen LogP contribution in [-0.4, -0.2) is 16.1 Å². The van der Waals surface area contributed by atoms with Crippen LogP contribution >= 0.6 is 0 Å². The summed E-state index contributed by atoms with van der Waals surface area (Å²) in [7, 11) is 0. The van der Waals surface area contributed by atoms with E-state index in [1.165, 1.54) is 24.8 Å². The molecule has 1 saturated heterocycles.